The summed E-state index contributed by atoms with van der Waals surface area (Å²) in [5.41, 5.74) is 4.76. The zero-order valence-electron chi connectivity index (χ0n) is 14.1. The van der Waals surface area contributed by atoms with Crippen molar-refractivity contribution < 1.29 is 19.0 Å². The highest BCUT2D eigenvalue weighted by atomic mass is 19.1. The first-order chi connectivity index (χ1) is 12.7. The molecule has 2 aromatic carbocycles. The van der Waals surface area contributed by atoms with Crippen molar-refractivity contribution >= 4 is 22.7 Å². The van der Waals surface area contributed by atoms with Crippen molar-refractivity contribution in [3.63, 3.8) is 0 Å². The standard InChI is InChI=1S/C21H18FNO3/c22-16-7-8-17-18(11-16)23-21(25)20(17)19-10-15(12-26-19)14-5-3-13(4-6-14)2-1-9-24/h3-8,10-11,24H,1-2,9,12H2,(H,23,25). The number of anilines is 1. The van der Waals surface area contributed by atoms with E-state index in [4.69, 9.17) is 9.84 Å². The molecule has 0 saturated heterocycles. The Morgan fingerprint density at radius 1 is 1.15 bits per heavy atom. The molecule has 0 radical (unpaired) electrons. The summed E-state index contributed by atoms with van der Waals surface area (Å²) in [7, 11) is 0. The van der Waals surface area contributed by atoms with E-state index in [2.05, 4.69) is 5.32 Å². The number of aliphatic hydroxyl groups is 1. The van der Waals surface area contributed by atoms with Crippen LogP contribution in [0.1, 0.15) is 23.1 Å². The molecular formula is C21H18FNO3. The topological polar surface area (TPSA) is 58.6 Å². The molecule has 0 unspecified atom stereocenters. The van der Waals surface area contributed by atoms with E-state index in [0.717, 1.165) is 24.0 Å². The first kappa shape index (κ1) is 16.5. The molecule has 0 spiro atoms. The molecule has 0 atom stereocenters. The first-order valence-corrected chi connectivity index (χ1v) is 8.55. The second kappa shape index (κ2) is 6.77. The van der Waals surface area contributed by atoms with Crippen LogP contribution in [-0.4, -0.2) is 24.2 Å². The number of aryl methyl sites for hydroxylation is 1. The van der Waals surface area contributed by atoms with Crippen LogP contribution < -0.4 is 5.32 Å². The molecule has 2 aliphatic rings. The predicted molar refractivity (Wildman–Crippen MR) is 97.7 cm³/mol. The number of fused-ring (bicyclic) bond motifs is 1. The minimum atomic E-state index is -0.389. The summed E-state index contributed by atoms with van der Waals surface area (Å²) in [6.07, 6.45) is 3.46. The maximum atomic E-state index is 13.4. The summed E-state index contributed by atoms with van der Waals surface area (Å²) >= 11 is 0. The van der Waals surface area contributed by atoms with E-state index in [1.165, 1.54) is 17.7 Å². The number of nitrogens with one attached hydrogen (secondary N) is 1. The van der Waals surface area contributed by atoms with E-state index >= 15 is 0 Å². The number of ether oxygens (including phenoxy) is 1. The molecule has 0 aliphatic carbocycles. The Hall–Kier alpha value is -2.92. The molecule has 2 heterocycles. The average Bonchev–Trinajstić information content (AvgIpc) is 3.23. The Bertz CT molecular complexity index is 929. The second-order valence-corrected chi connectivity index (χ2v) is 6.37. The summed E-state index contributed by atoms with van der Waals surface area (Å²) in [4.78, 5) is 12.3. The predicted octanol–water partition coefficient (Wildman–Crippen LogP) is 3.53. The zero-order chi connectivity index (χ0) is 18.1. The molecule has 0 aromatic heterocycles. The Morgan fingerprint density at radius 2 is 1.96 bits per heavy atom. The first-order valence-electron chi connectivity index (χ1n) is 8.55. The SMILES string of the molecule is O=C1Nc2cc(F)ccc2C1=C1C=C(c2ccc(CCCO)cc2)CO1. The Labute approximate surface area is 150 Å². The number of amides is 1. The largest absolute Gasteiger partial charge is 0.488 e. The van der Waals surface area contributed by atoms with Gasteiger partial charge in [0.2, 0.25) is 0 Å². The van der Waals surface area contributed by atoms with Crippen LogP contribution >= 0.6 is 0 Å². The number of allylic oxidation sites excluding steroid dienone is 1. The number of carbonyl (C=O) groups excluding carboxylic acids is 1. The van der Waals surface area contributed by atoms with Crippen molar-refractivity contribution in [2.24, 2.45) is 0 Å². The normalized spacial score (nSPS) is 18.4. The highest BCUT2D eigenvalue weighted by molar-refractivity contribution is 6.32. The number of rotatable bonds is 4. The maximum absolute atomic E-state index is 13.4. The van der Waals surface area contributed by atoms with Crippen LogP contribution in [0.25, 0.3) is 11.1 Å². The van der Waals surface area contributed by atoms with Crippen molar-refractivity contribution in [1.29, 1.82) is 0 Å². The summed E-state index contributed by atoms with van der Waals surface area (Å²) in [6.45, 7) is 0.573. The summed E-state index contributed by atoms with van der Waals surface area (Å²) in [5, 5.41) is 11.6. The zero-order valence-corrected chi connectivity index (χ0v) is 14.1. The van der Waals surface area contributed by atoms with Gasteiger partial charge in [0.1, 0.15) is 18.2 Å². The molecule has 2 N–H and O–H groups in total. The number of halogens is 1. The summed E-state index contributed by atoms with van der Waals surface area (Å²) < 4.78 is 19.1. The van der Waals surface area contributed by atoms with Crippen molar-refractivity contribution in [2.45, 2.75) is 12.8 Å². The van der Waals surface area contributed by atoms with Gasteiger partial charge in [0.05, 0.1) is 11.3 Å². The van der Waals surface area contributed by atoms with Gasteiger partial charge in [-0.25, -0.2) is 4.39 Å². The number of hydrogen-bond acceptors (Lipinski definition) is 3. The Morgan fingerprint density at radius 3 is 2.73 bits per heavy atom. The average molecular weight is 351 g/mol. The number of carbonyl (C=O) groups is 1. The second-order valence-electron chi connectivity index (χ2n) is 6.37. The van der Waals surface area contributed by atoms with Gasteiger partial charge in [0.25, 0.3) is 5.91 Å². The lowest BCUT2D eigenvalue weighted by Crippen LogP contribution is -2.05. The van der Waals surface area contributed by atoms with Crippen LogP contribution in [0.15, 0.2) is 54.3 Å². The number of aliphatic hydroxyl groups excluding tert-OH is 1. The molecule has 0 fully saturated rings. The van der Waals surface area contributed by atoms with Crippen molar-refractivity contribution in [2.75, 3.05) is 18.5 Å². The van der Waals surface area contributed by atoms with Gasteiger partial charge in [0, 0.05) is 17.7 Å². The molecule has 4 rings (SSSR count). The van der Waals surface area contributed by atoms with Gasteiger partial charge in [-0.15, -0.1) is 0 Å². The van der Waals surface area contributed by atoms with Gasteiger partial charge < -0.3 is 15.2 Å². The van der Waals surface area contributed by atoms with Gasteiger partial charge in [0.15, 0.2) is 0 Å². The molecule has 1 amide bonds. The van der Waals surface area contributed by atoms with Crippen LogP contribution in [0.4, 0.5) is 10.1 Å². The van der Waals surface area contributed by atoms with E-state index in [9.17, 15) is 9.18 Å². The highest BCUT2D eigenvalue weighted by Crippen LogP contribution is 2.38. The Balaban J connectivity index is 1.64. The molecule has 2 aliphatic heterocycles. The third-order valence-electron chi connectivity index (χ3n) is 4.61. The molecule has 5 heteroatoms. The van der Waals surface area contributed by atoms with Gasteiger partial charge in [-0.2, -0.15) is 0 Å². The molecule has 0 bridgehead atoms. The fraction of sp³-hybridized carbons (Fsp3) is 0.190. The van der Waals surface area contributed by atoms with Crippen molar-refractivity contribution in [1.82, 2.24) is 0 Å². The fourth-order valence-corrected chi connectivity index (χ4v) is 3.27. The van der Waals surface area contributed by atoms with Gasteiger partial charge in [-0.1, -0.05) is 24.3 Å². The molecule has 2 aromatic rings. The summed E-state index contributed by atoms with van der Waals surface area (Å²) in [5.74, 6) is -0.162. The Kier molecular flexibility index (Phi) is 4.31. The molecule has 0 saturated carbocycles. The third-order valence-corrected chi connectivity index (χ3v) is 4.61. The molecular weight excluding hydrogens is 333 g/mol. The third kappa shape index (κ3) is 3.02. The maximum Gasteiger partial charge on any atom is 0.260 e. The molecule has 26 heavy (non-hydrogen) atoms. The lowest BCUT2D eigenvalue weighted by molar-refractivity contribution is -0.110. The summed E-state index contributed by atoms with van der Waals surface area (Å²) in [6, 6.07) is 12.4. The van der Waals surface area contributed by atoms with E-state index < -0.39 is 0 Å². The lowest BCUT2D eigenvalue weighted by Gasteiger charge is -2.04. The fourth-order valence-electron chi connectivity index (χ4n) is 3.27. The van der Waals surface area contributed by atoms with E-state index in [0.29, 0.717) is 29.2 Å². The van der Waals surface area contributed by atoms with Crippen LogP contribution in [0.5, 0.6) is 0 Å². The van der Waals surface area contributed by atoms with E-state index in [-0.39, 0.29) is 18.3 Å². The minimum Gasteiger partial charge on any atom is -0.488 e. The van der Waals surface area contributed by atoms with Crippen LogP contribution in [0.3, 0.4) is 0 Å². The van der Waals surface area contributed by atoms with Gasteiger partial charge >= 0.3 is 0 Å². The monoisotopic (exact) mass is 351 g/mol. The molecule has 4 nitrogen and oxygen atoms in total. The smallest absolute Gasteiger partial charge is 0.260 e. The van der Waals surface area contributed by atoms with E-state index in [1.54, 1.807) is 6.07 Å². The highest BCUT2D eigenvalue weighted by Gasteiger charge is 2.30. The lowest BCUT2D eigenvalue weighted by atomic mass is 10.0. The van der Waals surface area contributed by atoms with E-state index in [1.807, 2.05) is 30.3 Å². The van der Waals surface area contributed by atoms with Crippen molar-refractivity contribution in [3.05, 3.63) is 76.8 Å². The van der Waals surface area contributed by atoms with Gasteiger partial charge in [-0.3, -0.25) is 4.79 Å². The van der Waals surface area contributed by atoms with Gasteiger partial charge in [-0.05, 0) is 48.2 Å². The van der Waals surface area contributed by atoms with Crippen LogP contribution in [0.2, 0.25) is 0 Å². The van der Waals surface area contributed by atoms with Crippen molar-refractivity contribution in [3.8, 4) is 0 Å². The van der Waals surface area contributed by atoms with Crippen LogP contribution in [-0.2, 0) is 16.0 Å². The number of hydrogen-bond donors (Lipinski definition) is 2. The van der Waals surface area contributed by atoms with Crippen LogP contribution in [0, 0.1) is 5.82 Å². The number of benzene rings is 2. The molecule has 132 valence electrons. The quantitative estimate of drug-likeness (QED) is 0.829. The minimum absolute atomic E-state index is 0.186.